The smallest absolute Gasteiger partial charge is 0.230 e. The SMILES string of the molecule is CC(C)(C)C1CCCN(c2nc(Cl)nc(Cl)n2)CC1. The molecule has 1 saturated heterocycles. The Morgan fingerprint density at radius 2 is 1.63 bits per heavy atom. The summed E-state index contributed by atoms with van der Waals surface area (Å²) in [5.41, 5.74) is 0.352. The van der Waals surface area contributed by atoms with Gasteiger partial charge in [0.25, 0.3) is 0 Å². The maximum Gasteiger partial charge on any atom is 0.230 e. The van der Waals surface area contributed by atoms with Gasteiger partial charge in [0.1, 0.15) is 0 Å². The van der Waals surface area contributed by atoms with Crippen molar-refractivity contribution in [3.63, 3.8) is 0 Å². The highest BCUT2D eigenvalue weighted by atomic mass is 35.5. The third-order valence-electron chi connectivity index (χ3n) is 3.80. The molecule has 1 aliphatic heterocycles. The summed E-state index contributed by atoms with van der Waals surface area (Å²) >= 11 is 11.7. The molecule has 1 fully saturated rings. The molecule has 0 aliphatic carbocycles. The molecule has 106 valence electrons. The minimum atomic E-state index is 0.159. The molecule has 1 aromatic rings. The van der Waals surface area contributed by atoms with Crippen LogP contribution in [0.15, 0.2) is 0 Å². The molecule has 1 atom stereocenters. The van der Waals surface area contributed by atoms with E-state index in [2.05, 4.69) is 40.6 Å². The average molecular weight is 303 g/mol. The van der Waals surface area contributed by atoms with Gasteiger partial charge in [0, 0.05) is 13.1 Å². The van der Waals surface area contributed by atoms with Gasteiger partial charge in [0.05, 0.1) is 0 Å². The van der Waals surface area contributed by atoms with Gasteiger partial charge in [-0.05, 0) is 53.8 Å². The molecule has 6 heteroatoms. The first-order valence-electron chi connectivity index (χ1n) is 6.68. The predicted octanol–water partition coefficient (Wildman–Crippen LogP) is 3.83. The molecular weight excluding hydrogens is 283 g/mol. The predicted molar refractivity (Wildman–Crippen MR) is 78.9 cm³/mol. The number of hydrogen-bond acceptors (Lipinski definition) is 4. The van der Waals surface area contributed by atoms with Crippen molar-refractivity contribution >= 4 is 29.2 Å². The molecular formula is C13H20Cl2N4. The van der Waals surface area contributed by atoms with Crippen LogP contribution in [0.25, 0.3) is 0 Å². The van der Waals surface area contributed by atoms with E-state index in [9.17, 15) is 0 Å². The summed E-state index contributed by atoms with van der Waals surface area (Å²) in [5, 5.41) is 0.318. The van der Waals surface area contributed by atoms with Crippen molar-refractivity contribution in [2.75, 3.05) is 18.0 Å². The molecule has 1 unspecified atom stereocenters. The van der Waals surface area contributed by atoms with Crippen molar-refractivity contribution in [3.05, 3.63) is 10.6 Å². The van der Waals surface area contributed by atoms with Gasteiger partial charge in [0.2, 0.25) is 16.5 Å². The van der Waals surface area contributed by atoms with E-state index in [4.69, 9.17) is 23.2 Å². The first kappa shape index (κ1) is 14.8. The van der Waals surface area contributed by atoms with Crippen LogP contribution in [-0.4, -0.2) is 28.0 Å². The van der Waals surface area contributed by atoms with Crippen LogP contribution in [0.4, 0.5) is 5.95 Å². The van der Waals surface area contributed by atoms with E-state index >= 15 is 0 Å². The van der Waals surface area contributed by atoms with Crippen LogP contribution >= 0.6 is 23.2 Å². The Bertz CT molecular complexity index is 425. The van der Waals surface area contributed by atoms with E-state index in [1.54, 1.807) is 0 Å². The molecule has 0 bridgehead atoms. The van der Waals surface area contributed by atoms with Crippen molar-refractivity contribution in [1.29, 1.82) is 0 Å². The first-order chi connectivity index (χ1) is 8.86. The third-order valence-corrected chi connectivity index (χ3v) is 4.14. The van der Waals surface area contributed by atoms with Crippen LogP contribution in [0.2, 0.25) is 10.6 Å². The van der Waals surface area contributed by atoms with Crippen molar-refractivity contribution < 1.29 is 0 Å². The number of rotatable bonds is 1. The molecule has 4 nitrogen and oxygen atoms in total. The lowest BCUT2D eigenvalue weighted by Crippen LogP contribution is -2.27. The Morgan fingerprint density at radius 3 is 2.21 bits per heavy atom. The Morgan fingerprint density at radius 1 is 1.00 bits per heavy atom. The van der Waals surface area contributed by atoms with Crippen molar-refractivity contribution in [2.45, 2.75) is 40.0 Å². The zero-order valence-corrected chi connectivity index (χ0v) is 13.2. The highest BCUT2D eigenvalue weighted by Crippen LogP contribution is 2.34. The normalized spacial score (nSPS) is 21.3. The van der Waals surface area contributed by atoms with E-state index < -0.39 is 0 Å². The average Bonchev–Trinajstić information content (AvgIpc) is 2.52. The molecule has 0 N–H and O–H groups in total. The Kier molecular flexibility index (Phi) is 4.51. The number of nitrogens with zero attached hydrogens (tertiary/aromatic N) is 4. The molecule has 19 heavy (non-hydrogen) atoms. The maximum absolute atomic E-state index is 5.84. The molecule has 2 heterocycles. The van der Waals surface area contributed by atoms with Gasteiger partial charge in [-0.1, -0.05) is 20.8 Å². The molecule has 0 saturated carbocycles. The quantitative estimate of drug-likeness (QED) is 0.790. The monoisotopic (exact) mass is 302 g/mol. The lowest BCUT2D eigenvalue weighted by atomic mass is 9.77. The number of halogens is 2. The van der Waals surface area contributed by atoms with Gasteiger partial charge in [0.15, 0.2) is 0 Å². The Hall–Kier alpha value is -0.610. The van der Waals surface area contributed by atoms with Gasteiger partial charge >= 0.3 is 0 Å². The topological polar surface area (TPSA) is 41.9 Å². The van der Waals surface area contributed by atoms with Crippen LogP contribution in [0.3, 0.4) is 0 Å². The molecule has 0 aromatic carbocycles. The third kappa shape index (κ3) is 3.93. The fourth-order valence-corrected chi connectivity index (χ4v) is 2.97. The molecule has 1 aliphatic rings. The highest BCUT2D eigenvalue weighted by molar-refractivity contribution is 6.31. The summed E-state index contributed by atoms with van der Waals surface area (Å²) in [6, 6.07) is 0. The van der Waals surface area contributed by atoms with Crippen LogP contribution in [-0.2, 0) is 0 Å². The van der Waals surface area contributed by atoms with Crippen molar-refractivity contribution in [3.8, 4) is 0 Å². The number of aromatic nitrogens is 3. The first-order valence-corrected chi connectivity index (χ1v) is 7.44. The van der Waals surface area contributed by atoms with Crippen molar-refractivity contribution in [2.24, 2.45) is 11.3 Å². The van der Waals surface area contributed by atoms with Crippen LogP contribution in [0.1, 0.15) is 40.0 Å². The molecule has 0 spiro atoms. The summed E-state index contributed by atoms with van der Waals surface area (Å²) in [5.74, 6) is 1.32. The van der Waals surface area contributed by atoms with Gasteiger partial charge in [-0.15, -0.1) is 0 Å². The van der Waals surface area contributed by atoms with E-state index in [0.29, 0.717) is 11.4 Å². The van der Waals surface area contributed by atoms with Gasteiger partial charge in [-0.3, -0.25) is 0 Å². The van der Waals surface area contributed by atoms with E-state index in [0.717, 1.165) is 31.8 Å². The Balaban J connectivity index is 2.11. The van der Waals surface area contributed by atoms with Crippen molar-refractivity contribution in [1.82, 2.24) is 15.0 Å². The lowest BCUT2D eigenvalue weighted by Gasteiger charge is -2.29. The molecule has 1 aromatic heterocycles. The van der Waals surface area contributed by atoms with E-state index in [1.807, 2.05) is 0 Å². The zero-order valence-electron chi connectivity index (χ0n) is 11.7. The summed E-state index contributed by atoms with van der Waals surface area (Å²) in [6.07, 6.45) is 3.53. The lowest BCUT2D eigenvalue weighted by molar-refractivity contribution is 0.220. The van der Waals surface area contributed by atoms with Crippen LogP contribution in [0, 0.1) is 11.3 Å². The standard InChI is InChI=1S/C13H20Cl2N4/c1-13(2,3)9-5-4-7-19(8-6-9)12-17-10(14)16-11(15)18-12/h9H,4-8H2,1-3H3. The van der Waals surface area contributed by atoms with Crippen LogP contribution in [0.5, 0.6) is 0 Å². The Labute approximate surface area is 124 Å². The summed E-state index contributed by atoms with van der Waals surface area (Å²) in [4.78, 5) is 14.3. The van der Waals surface area contributed by atoms with Gasteiger partial charge in [-0.2, -0.15) is 15.0 Å². The summed E-state index contributed by atoms with van der Waals surface area (Å²) < 4.78 is 0. The molecule has 0 amide bonds. The minimum absolute atomic E-state index is 0.159. The van der Waals surface area contributed by atoms with E-state index in [1.165, 1.54) is 6.42 Å². The highest BCUT2D eigenvalue weighted by Gasteiger charge is 2.27. The molecule has 0 radical (unpaired) electrons. The molecule has 2 rings (SSSR count). The van der Waals surface area contributed by atoms with Gasteiger partial charge in [-0.25, -0.2) is 0 Å². The second-order valence-corrected chi connectivity index (χ2v) is 6.83. The fraction of sp³-hybridized carbons (Fsp3) is 0.769. The summed E-state index contributed by atoms with van der Waals surface area (Å²) in [6.45, 7) is 8.82. The number of hydrogen-bond donors (Lipinski definition) is 0. The summed E-state index contributed by atoms with van der Waals surface area (Å²) in [7, 11) is 0. The number of anilines is 1. The van der Waals surface area contributed by atoms with E-state index in [-0.39, 0.29) is 10.6 Å². The largest absolute Gasteiger partial charge is 0.341 e. The van der Waals surface area contributed by atoms with Gasteiger partial charge < -0.3 is 4.90 Å². The second kappa shape index (κ2) is 5.80. The zero-order chi connectivity index (χ0) is 14.0. The second-order valence-electron chi connectivity index (χ2n) is 6.15. The fourth-order valence-electron chi connectivity index (χ4n) is 2.62. The van der Waals surface area contributed by atoms with Crippen LogP contribution < -0.4 is 4.90 Å². The maximum atomic E-state index is 5.84. The minimum Gasteiger partial charge on any atom is -0.341 e.